The second kappa shape index (κ2) is 7.07. The van der Waals surface area contributed by atoms with E-state index in [1.165, 1.54) is 32.2 Å². The fourth-order valence-corrected chi connectivity index (χ4v) is 0.920. The van der Waals surface area contributed by atoms with Crippen LogP contribution in [0.4, 0.5) is 0 Å². The summed E-state index contributed by atoms with van der Waals surface area (Å²) in [6.45, 7) is 8.20. The van der Waals surface area contributed by atoms with Crippen molar-refractivity contribution in [3.63, 3.8) is 0 Å². The normalized spacial score (nSPS) is 10.8. The number of unbranched alkanes of at least 4 members (excludes halogenated alkanes) is 3. The molecule has 0 aromatic heterocycles. The molecule has 0 atom stereocenters. The largest absolute Gasteiger partial charge is 0.306 e. The molecule has 0 saturated heterocycles. The van der Waals surface area contributed by atoms with E-state index in [9.17, 15) is 0 Å². The lowest BCUT2D eigenvalue weighted by Crippen LogP contribution is -2.18. The van der Waals surface area contributed by atoms with Gasteiger partial charge in [0.15, 0.2) is 0 Å². The van der Waals surface area contributed by atoms with Crippen molar-refractivity contribution in [1.29, 1.82) is 0 Å². The summed E-state index contributed by atoms with van der Waals surface area (Å²) in [4.78, 5) is 2.26. The minimum absolute atomic E-state index is 0.937. The molecule has 1 radical (unpaired) electrons. The van der Waals surface area contributed by atoms with Crippen molar-refractivity contribution in [2.45, 2.75) is 32.6 Å². The van der Waals surface area contributed by atoms with Gasteiger partial charge in [-0.05, 0) is 33.5 Å². The topological polar surface area (TPSA) is 3.24 Å². The smallest absolute Gasteiger partial charge is 0.00213 e. The van der Waals surface area contributed by atoms with Gasteiger partial charge in [0, 0.05) is 0 Å². The molecule has 0 N–H and O–H groups in total. The van der Waals surface area contributed by atoms with Crippen LogP contribution in [0.5, 0.6) is 0 Å². The van der Waals surface area contributed by atoms with Gasteiger partial charge in [0.2, 0.25) is 0 Å². The Balaban J connectivity index is 2.89. The van der Waals surface area contributed by atoms with Crippen LogP contribution in [0.15, 0.2) is 0 Å². The van der Waals surface area contributed by atoms with Crippen molar-refractivity contribution in [3.8, 4) is 0 Å². The third-order valence-corrected chi connectivity index (χ3v) is 1.78. The molecule has 1 heteroatoms. The summed E-state index contributed by atoms with van der Waals surface area (Å²) in [5, 5.41) is 0. The lowest BCUT2D eigenvalue weighted by atomic mass is 10.2. The molecule has 0 bridgehead atoms. The standard InChI is InChI=1S/C9H20N/c1-4-6-7-8-9-10(3)5-2/h2,4-9H2,1,3H3. The number of rotatable bonds is 6. The first-order valence-corrected chi connectivity index (χ1v) is 4.29. The second-order valence-corrected chi connectivity index (χ2v) is 2.86. The first kappa shape index (κ1) is 9.96. The molecule has 61 valence electrons. The molecule has 0 aromatic rings. The second-order valence-electron chi connectivity index (χ2n) is 2.86. The molecule has 0 fully saturated rings. The molecule has 0 heterocycles. The van der Waals surface area contributed by atoms with Crippen LogP contribution in [0.1, 0.15) is 32.6 Å². The summed E-state index contributed by atoms with van der Waals surface area (Å²) in [6.07, 6.45) is 5.42. The monoisotopic (exact) mass is 142 g/mol. The van der Waals surface area contributed by atoms with Gasteiger partial charge in [0.25, 0.3) is 0 Å². The van der Waals surface area contributed by atoms with Crippen LogP contribution in [0.25, 0.3) is 0 Å². The van der Waals surface area contributed by atoms with Gasteiger partial charge in [-0.15, -0.1) is 0 Å². The van der Waals surface area contributed by atoms with E-state index in [1.54, 1.807) is 0 Å². The Morgan fingerprint density at radius 3 is 2.40 bits per heavy atom. The van der Waals surface area contributed by atoms with Crippen molar-refractivity contribution in [1.82, 2.24) is 4.90 Å². The van der Waals surface area contributed by atoms with Gasteiger partial charge in [0.1, 0.15) is 0 Å². The average Bonchev–Trinajstić information content (AvgIpc) is 1.98. The van der Waals surface area contributed by atoms with Crippen LogP contribution in [0.2, 0.25) is 0 Å². The van der Waals surface area contributed by atoms with E-state index in [1.807, 2.05) is 0 Å². The van der Waals surface area contributed by atoms with Crippen molar-refractivity contribution >= 4 is 0 Å². The van der Waals surface area contributed by atoms with Crippen LogP contribution in [-0.2, 0) is 0 Å². The van der Waals surface area contributed by atoms with Gasteiger partial charge in [-0.2, -0.15) is 0 Å². The van der Waals surface area contributed by atoms with E-state index in [0.717, 1.165) is 6.54 Å². The average molecular weight is 142 g/mol. The Bertz CT molecular complexity index is 61.7. The molecule has 10 heavy (non-hydrogen) atoms. The van der Waals surface area contributed by atoms with Crippen molar-refractivity contribution < 1.29 is 0 Å². The molecular weight excluding hydrogens is 122 g/mol. The molecule has 0 aliphatic carbocycles. The highest BCUT2D eigenvalue weighted by atomic mass is 15.1. The molecule has 1 nitrogen and oxygen atoms in total. The Kier molecular flexibility index (Phi) is 7.04. The first-order valence-electron chi connectivity index (χ1n) is 4.29. The van der Waals surface area contributed by atoms with E-state index in [-0.39, 0.29) is 0 Å². The molecular formula is C9H20N. The van der Waals surface area contributed by atoms with Gasteiger partial charge in [-0.3, -0.25) is 0 Å². The van der Waals surface area contributed by atoms with Gasteiger partial charge >= 0.3 is 0 Å². The molecule has 0 aromatic carbocycles. The molecule has 0 rings (SSSR count). The maximum Gasteiger partial charge on any atom is -0.00213 e. The summed E-state index contributed by atoms with van der Waals surface area (Å²) in [6, 6.07) is 0. The first-order chi connectivity index (χ1) is 4.81. The van der Waals surface area contributed by atoms with Gasteiger partial charge in [-0.25, -0.2) is 0 Å². The van der Waals surface area contributed by atoms with Gasteiger partial charge in [0.05, 0.1) is 0 Å². The molecule has 0 unspecified atom stereocenters. The van der Waals surface area contributed by atoms with Crippen LogP contribution in [-0.4, -0.2) is 25.0 Å². The van der Waals surface area contributed by atoms with Crippen molar-refractivity contribution in [2.75, 3.05) is 20.1 Å². The summed E-state index contributed by atoms with van der Waals surface area (Å²) in [5.74, 6) is 0. The molecule has 0 saturated carbocycles. The zero-order chi connectivity index (χ0) is 7.82. The maximum atomic E-state index is 3.81. The predicted molar refractivity (Wildman–Crippen MR) is 47.0 cm³/mol. The number of hydrogen-bond acceptors (Lipinski definition) is 1. The Morgan fingerprint density at radius 1 is 1.20 bits per heavy atom. The summed E-state index contributed by atoms with van der Waals surface area (Å²) < 4.78 is 0. The molecule has 0 spiro atoms. The summed E-state index contributed by atoms with van der Waals surface area (Å²) in [5.41, 5.74) is 0. The molecule has 0 aliphatic heterocycles. The lowest BCUT2D eigenvalue weighted by Gasteiger charge is -2.12. The highest BCUT2D eigenvalue weighted by molar-refractivity contribution is 4.52. The Morgan fingerprint density at radius 2 is 1.90 bits per heavy atom. The summed E-state index contributed by atoms with van der Waals surface area (Å²) in [7, 11) is 2.12. The zero-order valence-corrected chi connectivity index (χ0v) is 7.40. The van der Waals surface area contributed by atoms with Crippen LogP contribution < -0.4 is 0 Å². The Labute approximate surface area is 65.4 Å². The fourth-order valence-electron chi connectivity index (χ4n) is 0.920. The SMILES string of the molecule is [CH2]CN(C)CCCCCC. The number of hydrogen-bond donors (Lipinski definition) is 0. The fraction of sp³-hybridized carbons (Fsp3) is 0.889. The van der Waals surface area contributed by atoms with E-state index in [4.69, 9.17) is 0 Å². The Hall–Kier alpha value is -0.0400. The third kappa shape index (κ3) is 6.09. The molecule has 0 aliphatic rings. The van der Waals surface area contributed by atoms with Crippen LogP contribution >= 0.6 is 0 Å². The minimum atomic E-state index is 0.937. The van der Waals surface area contributed by atoms with E-state index >= 15 is 0 Å². The lowest BCUT2D eigenvalue weighted by molar-refractivity contribution is 0.356. The predicted octanol–water partition coefficient (Wildman–Crippen LogP) is 2.33. The molecule has 0 amide bonds. The minimum Gasteiger partial charge on any atom is -0.306 e. The van der Waals surface area contributed by atoms with E-state index < -0.39 is 0 Å². The van der Waals surface area contributed by atoms with Crippen molar-refractivity contribution in [3.05, 3.63) is 6.92 Å². The quantitative estimate of drug-likeness (QED) is 0.514. The number of nitrogens with zero attached hydrogens (tertiary/aromatic N) is 1. The van der Waals surface area contributed by atoms with E-state index in [0.29, 0.717) is 0 Å². The van der Waals surface area contributed by atoms with Crippen LogP contribution in [0.3, 0.4) is 0 Å². The highest BCUT2D eigenvalue weighted by Gasteiger charge is 1.92. The third-order valence-electron chi connectivity index (χ3n) is 1.78. The zero-order valence-electron chi connectivity index (χ0n) is 7.40. The van der Waals surface area contributed by atoms with Gasteiger partial charge < -0.3 is 4.90 Å². The van der Waals surface area contributed by atoms with E-state index in [2.05, 4.69) is 25.8 Å². The highest BCUT2D eigenvalue weighted by Crippen LogP contribution is 1.99. The summed E-state index contributed by atoms with van der Waals surface area (Å²) >= 11 is 0. The van der Waals surface area contributed by atoms with Gasteiger partial charge in [-0.1, -0.05) is 26.2 Å². The maximum absolute atomic E-state index is 3.81. The van der Waals surface area contributed by atoms with Crippen molar-refractivity contribution in [2.24, 2.45) is 0 Å². The van der Waals surface area contributed by atoms with Crippen LogP contribution in [0, 0.1) is 6.92 Å².